The summed E-state index contributed by atoms with van der Waals surface area (Å²) in [6.45, 7) is 8.87. The van der Waals surface area contributed by atoms with Crippen LogP contribution in [0.2, 0.25) is 0 Å². The Morgan fingerprint density at radius 3 is 2.55 bits per heavy atom. The molecule has 8 nitrogen and oxygen atoms in total. The van der Waals surface area contributed by atoms with E-state index in [-0.39, 0.29) is 54.3 Å². The Morgan fingerprint density at radius 1 is 1.21 bits per heavy atom. The number of anilines is 1. The van der Waals surface area contributed by atoms with Crippen molar-refractivity contribution in [2.75, 3.05) is 36.2 Å². The molecular formula is C19H32IN5O3S. The highest BCUT2D eigenvalue weighted by molar-refractivity contribution is 14.0. The first kappa shape index (κ1) is 25.5. The molecule has 1 aromatic rings. The van der Waals surface area contributed by atoms with E-state index in [1.165, 1.54) is 4.31 Å². The maximum Gasteiger partial charge on any atom is 0.242 e. The summed E-state index contributed by atoms with van der Waals surface area (Å²) in [5, 5.41) is 8.86. The van der Waals surface area contributed by atoms with Gasteiger partial charge in [-0.3, -0.25) is 9.10 Å². The molecule has 0 unspecified atom stereocenters. The number of guanidine groups is 1. The number of nitrogens with zero attached hydrogens (tertiary/aromatic N) is 2. The highest BCUT2D eigenvalue weighted by Crippen LogP contribution is 2.29. The quantitative estimate of drug-likeness (QED) is 0.278. The van der Waals surface area contributed by atoms with E-state index in [0.29, 0.717) is 19.0 Å². The highest BCUT2D eigenvalue weighted by Gasteiger charge is 2.28. The summed E-state index contributed by atoms with van der Waals surface area (Å²) < 4.78 is 26.9. The maximum absolute atomic E-state index is 12.7. The SMILES string of the molecule is CCNC(=NCC(=O)NC(C)(C)C)NCCS(=O)(=O)N1CCc2ccccc21.I. The molecule has 0 atom stereocenters. The molecule has 1 aromatic carbocycles. The minimum atomic E-state index is -3.43. The van der Waals surface area contributed by atoms with Gasteiger partial charge in [0.15, 0.2) is 5.96 Å². The first-order valence-electron chi connectivity index (χ1n) is 9.54. The highest BCUT2D eigenvalue weighted by atomic mass is 127. The second kappa shape index (κ2) is 11.0. The molecule has 164 valence electrons. The van der Waals surface area contributed by atoms with Crippen molar-refractivity contribution in [3.8, 4) is 0 Å². The summed E-state index contributed by atoms with van der Waals surface area (Å²) in [4.78, 5) is 16.1. The van der Waals surface area contributed by atoms with Gasteiger partial charge in [0.05, 0.1) is 11.4 Å². The van der Waals surface area contributed by atoms with Gasteiger partial charge in [-0.25, -0.2) is 13.4 Å². The molecular weight excluding hydrogens is 505 g/mol. The zero-order chi connectivity index (χ0) is 20.8. The van der Waals surface area contributed by atoms with Crippen molar-refractivity contribution in [3.05, 3.63) is 29.8 Å². The summed E-state index contributed by atoms with van der Waals surface area (Å²) >= 11 is 0. The van der Waals surface area contributed by atoms with Crippen molar-refractivity contribution in [1.82, 2.24) is 16.0 Å². The Hall–Kier alpha value is -1.56. The van der Waals surface area contributed by atoms with Gasteiger partial charge in [0.2, 0.25) is 15.9 Å². The van der Waals surface area contributed by atoms with Crippen LogP contribution < -0.4 is 20.3 Å². The molecule has 0 saturated carbocycles. The second-order valence-corrected chi connectivity index (χ2v) is 9.70. The van der Waals surface area contributed by atoms with Gasteiger partial charge in [0.25, 0.3) is 0 Å². The van der Waals surface area contributed by atoms with Gasteiger partial charge >= 0.3 is 0 Å². The molecule has 1 heterocycles. The molecule has 2 rings (SSSR count). The van der Waals surface area contributed by atoms with E-state index in [2.05, 4.69) is 20.9 Å². The van der Waals surface area contributed by atoms with Crippen LogP contribution in [0.5, 0.6) is 0 Å². The molecule has 3 N–H and O–H groups in total. The molecule has 0 saturated heterocycles. The third-order valence-electron chi connectivity index (χ3n) is 4.07. The summed E-state index contributed by atoms with van der Waals surface area (Å²) in [5.74, 6) is 0.175. The average Bonchev–Trinajstić information content (AvgIpc) is 3.03. The van der Waals surface area contributed by atoms with Crippen molar-refractivity contribution >= 4 is 51.6 Å². The third-order valence-corrected chi connectivity index (χ3v) is 5.84. The number of hydrogen-bond acceptors (Lipinski definition) is 4. The van der Waals surface area contributed by atoms with Crippen molar-refractivity contribution in [3.63, 3.8) is 0 Å². The van der Waals surface area contributed by atoms with Crippen LogP contribution in [0.4, 0.5) is 5.69 Å². The number of carbonyl (C=O) groups is 1. The number of sulfonamides is 1. The average molecular weight is 537 g/mol. The van der Waals surface area contributed by atoms with Crippen LogP contribution in [-0.2, 0) is 21.2 Å². The predicted octanol–water partition coefficient (Wildman–Crippen LogP) is 1.47. The predicted molar refractivity (Wildman–Crippen MR) is 129 cm³/mol. The summed E-state index contributed by atoms with van der Waals surface area (Å²) in [5.41, 5.74) is 1.50. The standard InChI is InChI=1S/C19H31N5O3S.HI/c1-5-20-18(22-14-17(25)23-19(2,3)4)21-11-13-28(26,27)24-12-10-15-8-6-7-9-16(15)24;/h6-9H,5,10-14H2,1-4H3,(H,23,25)(H2,20,21,22);1H. The molecule has 0 aliphatic carbocycles. The van der Waals surface area contributed by atoms with E-state index in [9.17, 15) is 13.2 Å². The third kappa shape index (κ3) is 8.00. The number of aliphatic imine (C=N–C) groups is 1. The molecule has 0 fully saturated rings. The van der Waals surface area contributed by atoms with Gasteiger partial charge in [-0.05, 0) is 45.7 Å². The zero-order valence-corrected chi connectivity index (χ0v) is 20.6. The van der Waals surface area contributed by atoms with Crippen LogP contribution in [0.3, 0.4) is 0 Å². The molecule has 0 bridgehead atoms. The Morgan fingerprint density at radius 2 is 1.90 bits per heavy atom. The van der Waals surface area contributed by atoms with Crippen molar-refractivity contribution in [1.29, 1.82) is 0 Å². The van der Waals surface area contributed by atoms with Gasteiger partial charge in [-0.2, -0.15) is 0 Å². The van der Waals surface area contributed by atoms with Gasteiger partial charge in [-0.1, -0.05) is 18.2 Å². The van der Waals surface area contributed by atoms with Gasteiger partial charge in [0.1, 0.15) is 6.54 Å². The molecule has 29 heavy (non-hydrogen) atoms. The van der Waals surface area contributed by atoms with Crippen LogP contribution in [-0.4, -0.2) is 57.8 Å². The second-order valence-electron chi connectivity index (χ2n) is 7.69. The molecule has 1 amide bonds. The number of hydrogen-bond donors (Lipinski definition) is 3. The van der Waals surface area contributed by atoms with Crippen molar-refractivity contribution < 1.29 is 13.2 Å². The Balaban J connectivity index is 0.00000420. The fourth-order valence-corrected chi connectivity index (χ4v) is 4.38. The van der Waals surface area contributed by atoms with E-state index in [1.807, 2.05) is 52.0 Å². The van der Waals surface area contributed by atoms with Crippen molar-refractivity contribution in [2.24, 2.45) is 4.99 Å². The van der Waals surface area contributed by atoms with Gasteiger partial charge in [0, 0.05) is 25.2 Å². The fraction of sp³-hybridized carbons (Fsp3) is 0.579. The minimum Gasteiger partial charge on any atom is -0.357 e. The molecule has 0 aromatic heterocycles. The Kier molecular flexibility index (Phi) is 9.66. The smallest absolute Gasteiger partial charge is 0.242 e. The fourth-order valence-electron chi connectivity index (χ4n) is 2.96. The van der Waals surface area contributed by atoms with E-state index in [4.69, 9.17) is 0 Å². The van der Waals surface area contributed by atoms with Crippen LogP contribution >= 0.6 is 24.0 Å². The number of nitrogens with one attached hydrogen (secondary N) is 3. The van der Waals surface area contributed by atoms with E-state index in [0.717, 1.165) is 17.7 Å². The number of rotatable bonds is 7. The first-order valence-corrected chi connectivity index (χ1v) is 11.1. The largest absolute Gasteiger partial charge is 0.357 e. The van der Waals surface area contributed by atoms with Crippen LogP contribution in [0.15, 0.2) is 29.3 Å². The normalized spacial score (nSPS) is 14.1. The molecule has 0 radical (unpaired) electrons. The topological polar surface area (TPSA) is 103 Å². The summed E-state index contributed by atoms with van der Waals surface area (Å²) in [7, 11) is -3.43. The lowest BCUT2D eigenvalue weighted by Gasteiger charge is -2.21. The first-order chi connectivity index (χ1) is 13.1. The molecule has 0 spiro atoms. The van der Waals surface area contributed by atoms with Gasteiger partial charge < -0.3 is 16.0 Å². The number of fused-ring (bicyclic) bond motifs is 1. The lowest BCUT2D eigenvalue weighted by molar-refractivity contribution is -0.121. The zero-order valence-electron chi connectivity index (χ0n) is 17.5. The molecule has 1 aliphatic rings. The lowest BCUT2D eigenvalue weighted by Crippen LogP contribution is -2.44. The van der Waals surface area contributed by atoms with E-state index in [1.54, 1.807) is 0 Å². The van der Waals surface area contributed by atoms with E-state index >= 15 is 0 Å². The number of para-hydroxylation sites is 1. The number of carbonyl (C=O) groups excluding carboxylic acids is 1. The Bertz CT molecular complexity index is 821. The minimum absolute atomic E-state index is 0. The maximum atomic E-state index is 12.7. The summed E-state index contributed by atoms with van der Waals surface area (Å²) in [6.07, 6.45) is 0.732. The van der Waals surface area contributed by atoms with Crippen LogP contribution in [0, 0.1) is 0 Å². The van der Waals surface area contributed by atoms with Crippen LogP contribution in [0.25, 0.3) is 0 Å². The molecule has 10 heteroatoms. The number of benzene rings is 1. The number of amides is 1. The van der Waals surface area contributed by atoms with Crippen molar-refractivity contribution in [2.45, 2.75) is 39.7 Å². The lowest BCUT2D eigenvalue weighted by atomic mass is 10.1. The van der Waals surface area contributed by atoms with Crippen LogP contribution in [0.1, 0.15) is 33.3 Å². The number of halogens is 1. The van der Waals surface area contributed by atoms with E-state index < -0.39 is 10.0 Å². The monoisotopic (exact) mass is 537 g/mol. The summed E-state index contributed by atoms with van der Waals surface area (Å²) in [6, 6.07) is 7.57. The Labute approximate surface area is 191 Å². The molecule has 1 aliphatic heterocycles. The van der Waals surface area contributed by atoms with Gasteiger partial charge in [-0.15, -0.1) is 24.0 Å².